The van der Waals surface area contributed by atoms with Crippen LogP contribution in [-0.2, 0) is 10.9 Å². The minimum atomic E-state index is -4.85. The van der Waals surface area contributed by atoms with Crippen molar-refractivity contribution >= 4 is 5.91 Å². The number of ether oxygens (including phenoxy) is 1. The van der Waals surface area contributed by atoms with Gasteiger partial charge in [0.1, 0.15) is 5.82 Å². The van der Waals surface area contributed by atoms with Gasteiger partial charge in [-0.15, -0.1) is 0 Å². The third-order valence-electron chi connectivity index (χ3n) is 4.07. The van der Waals surface area contributed by atoms with E-state index in [1.807, 2.05) is 0 Å². The van der Waals surface area contributed by atoms with Gasteiger partial charge < -0.3 is 15.4 Å². The number of likely N-dealkylation sites (tertiary alicyclic amines) is 1. The van der Waals surface area contributed by atoms with E-state index >= 15 is 0 Å². The molecule has 8 heteroatoms. The third kappa shape index (κ3) is 3.64. The highest BCUT2D eigenvalue weighted by Crippen LogP contribution is 2.33. The molecular formula is C15H18F4N2O2. The Morgan fingerprint density at radius 3 is 2.70 bits per heavy atom. The number of halogens is 4. The minimum absolute atomic E-state index is 0.0704. The lowest BCUT2D eigenvalue weighted by Crippen LogP contribution is -2.51. The number of amides is 1. The van der Waals surface area contributed by atoms with Gasteiger partial charge in [0.05, 0.1) is 17.2 Å². The molecule has 4 nitrogen and oxygen atoms in total. The zero-order valence-corrected chi connectivity index (χ0v) is 12.6. The van der Waals surface area contributed by atoms with E-state index in [0.717, 1.165) is 12.1 Å². The van der Waals surface area contributed by atoms with Crippen LogP contribution in [0.4, 0.5) is 17.6 Å². The summed E-state index contributed by atoms with van der Waals surface area (Å²) >= 11 is 0. The van der Waals surface area contributed by atoms with Crippen molar-refractivity contribution in [2.45, 2.75) is 31.2 Å². The topological polar surface area (TPSA) is 55.6 Å². The number of nitrogens with two attached hydrogens (primary N) is 1. The van der Waals surface area contributed by atoms with Gasteiger partial charge in [0.2, 0.25) is 0 Å². The lowest BCUT2D eigenvalue weighted by atomic mass is 9.97. The first-order chi connectivity index (χ1) is 10.8. The number of carbonyl (C=O) groups excluding carboxylic acids is 1. The van der Waals surface area contributed by atoms with Crippen molar-refractivity contribution in [1.82, 2.24) is 4.90 Å². The Hall–Kier alpha value is -1.67. The quantitative estimate of drug-likeness (QED) is 0.864. The van der Waals surface area contributed by atoms with Crippen molar-refractivity contribution in [3.8, 4) is 0 Å². The van der Waals surface area contributed by atoms with Crippen molar-refractivity contribution in [3.63, 3.8) is 0 Å². The Bertz CT molecular complexity index is 577. The van der Waals surface area contributed by atoms with Crippen LogP contribution < -0.4 is 5.73 Å². The SMILES string of the molecule is COC1CCN(C(=O)c2cccc(C(F)(F)F)c2F)C(CN)C1. The van der Waals surface area contributed by atoms with E-state index in [4.69, 9.17) is 10.5 Å². The molecule has 23 heavy (non-hydrogen) atoms. The summed E-state index contributed by atoms with van der Waals surface area (Å²) in [5, 5.41) is 0. The second-order valence-electron chi connectivity index (χ2n) is 5.44. The summed E-state index contributed by atoms with van der Waals surface area (Å²) in [5.74, 6) is -2.33. The Morgan fingerprint density at radius 2 is 2.13 bits per heavy atom. The summed E-state index contributed by atoms with van der Waals surface area (Å²) in [6.07, 6.45) is -3.92. The molecule has 0 radical (unpaired) electrons. The first-order valence-corrected chi connectivity index (χ1v) is 7.19. The number of carbonyl (C=O) groups is 1. The molecular weight excluding hydrogens is 316 g/mol. The second kappa shape index (κ2) is 6.84. The maximum Gasteiger partial charge on any atom is 0.419 e. The van der Waals surface area contributed by atoms with Gasteiger partial charge in [-0.2, -0.15) is 13.2 Å². The molecule has 1 aromatic rings. The lowest BCUT2D eigenvalue weighted by molar-refractivity contribution is -0.140. The third-order valence-corrected chi connectivity index (χ3v) is 4.07. The van der Waals surface area contributed by atoms with Crippen LogP contribution >= 0.6 is 0 Å². The monoisotopic (exact) mass is 334 g/mol. The van der Waals surface area contributed by atoms with E-state index in [-0.39, 0.29) is 19.2 Å². The predicted octanol–water partition coefficient (Wildman–Crippen LogP) is 2.42. The van der Waals surface area contributed by atoms with Gasteiger partial charge in [-0.3, -0.25) is 4.79 Å². The van der Waals surface area contributed by atoms with Crippen molar-refractivity contribution in [1.29, 1.82) is 0 Å². The molecule has 1 aliphatic heterocycles. The lowest BCUT2D eigenvalue weighted by Gasteiger charge is -2.38. The Balaban J connectivity index is 2.30. The smallest absolute Gasteiger partial charge is 0.381 e. The average Bonchev–Trinajstić information content (AvgIpc) is 2.52. The molecule has 1 amide bonds. The number of methoxy groups -OCH3 is 1. The molecule has 2 atom stereocenters. The number of alkyl halides is 3. The largest absolute Gasteiger partial charge is 0.419 e. The van der Waals surface area contributed by atoms with E-state index in [0.29, 0.717) is 18.9 Å². The molecule has 1 fully saturated rings. The molecule has 1 saturated heterocycles. The number of rotatable bonds is 3. The van der Waals surface area contributed by atoms with Crippen LogP contribution in [0, 0.1) is 5.82 Å². The molecule has 0 aliphatic carbocycles. The zero-order valence-electron chi connectivity index (χ0n) is 12.6. The highest BCUT2D eigenvalue weighted by molar-refractivity contribution is 5.95. The summed E-state index contributed by atoms with van der Waals surface area (Å²) in [4.78, 5) is 13.8. The minimum Gasteiger partial charge on any atom is -0.381 e. The fourth-order valence-corrected chi connectivity index (χ4v) is 2.79. The highest BCUT2D eigenvalue weighted by Gasteiger charge is 2.38. The maximum atomic E-state index is 14.1. The van der Waals surface area contributed by atoms with E-state index in [1.165, 1.54) is 4.90 Å². The molecule has 2 unspecified atom stereocenters. The Labute approximate surface area is 131 Å². The fraction of sp³-hybridized carbons (Fsp3) is 0.533. The van der Waals surface area contributed by atoms with Crippen LogP contribution in [0.25, 0.3) is 0 Å². The van der Waals surface area contributed by atoms with Gasteiger partial charge in [0.25, 0.3) is 5.91 Å². The van der Waals surface area contributed by atoms with E-state index in [2.05, 4.69) is 0 Å². The van der Waals surface area contributed by atoms with Crippen LogP contribution in [-0.4, -0.2) is 43.2 Å². The molecule has 0 aromatic heterocycles. The summed E-state index contributed by atoms with van der Waals surface area (Å²) in [6, 6.07) is 2.31. The summed E-state index contributed by atoms with van der Waals surface area (Å²) in [7, 11) is 1.54. The first kappa shape index (κ1) is 17.7. The van der Waals surface area contributed by atoms with Crippen LogP contribution in [0.5, 0.6) is 0 Å². The van der Waals surface area contributed by atoms with Crippen LogP contribution in [0.2, 0.25) is 0 Å². The normalized spacial score (nSPS) is 22.3. The van der Waals surface area contributed by atoms with Crippen LogP contribution in [0.15, 0.2) is 18.2 Å². The second-order valence-corrected chi connectivity index (χ2v) is 5.44. The predicted molar refractivity (Wildman–Crippen MR) is 75.3 cm³/mol. The Morgan fingerprint density at radius 1 is 1.43 bits per heavy atom. The van der Waals surface area contributed by atoms with Gasteiger partial charge >= 0.3 is 6.18 Å². The number of benzene rings is 1. The van der Waals surface area contributed by atoms with Crippen molar-refractivity contribution in [3.05, 3.63) is 35.1 Å². The van der Waals surface area contributed by atoms with Crippen molar-refractivity contribution in [2.75, 3.05) is 20.2 Å². The van der Waals surface area contributed by atoms with E-state index < -0.39 is 35.1 Å². The summed E-state index contributed by atoms with van der Waals surface area (Å²) < 4.78 is 57.7. The van der Waals surface area contributed by atoms with Gasteiger partial charge in [-0.25, -0.2) is 4.39 Å². The van der Waals surface area contributed by atoms with Crippen molar-refractivity contribution in [2.24, 2.45) is 5.73 Å². The molecule has 0 saturated carbocycles. The molecule has 1 aliphatic rings. The van der Waals surface area contributed by atoms with Gasteiger partial charge in [-0.1, -0.05) is 6.07 Å². The number of piperidine rings is 1. The molecule has 0 bridgehead atoms. The Kier molecular flexibility index (Phi) is 5.26. The number of hydrogen-bond acceptors (Lipinski definition) is 3. The number of nitrogens with zero attached hydrogens (tertiary/aromatic N) is 1. The summed E-state index contributed by atoms with van der Waals surface area (Å²) in [6.45, 7) is 0.390. The van der Waals surface area contributed by atoms with Crippen LogP contribution in [0.3, 0.4) is 0 Å². The molecule has 128 valence electrons. The standard InChI is InChI=1S/C15H18F4N2O2/c1-23-10-5-6-21(9(7-10)8-20)14(22)11-3-2-4-12(13(11)16)15(17,18)19/h2-4,9-10H,5-8,20H2,1H3. The zero-order chi connectivity index (χ0) is 17.2. The van der Waals surface area contributed by atoms with E-state index in [1.54, 1.807) is 7.11 Å². The van der Waals surface area contributed by atoms with Gasteiger partial charge in [0.15, 0.2) is 0 Å². The van der Waals surface area contributed by atoms with Crippen molar-refractivity contribution < 1.29 is 27.1 Å². The van der Waals surface area contributed by atoms with E-state index in [9.17, 15) is 22.4 Å². The maximum absolute atomic E-state index is 14.1. The van der Waals surface area contributed by atoms with Gasteiger partial charge in [-0.05, 0) is 25.0 Å². The average molecular weight is 334 g/mol. The highest BCUT2D eigenvalue weighted by atomic mass is 19.4. The fourth-order valence-electron chi connectivity index (χ4n) is 2.79. The molecule has 1 heterocycles. The molecule has 2 N–H and O–H groups in total. The van der Waals surface area contributed by atoms with Crippen LogP contribution in [0.1, 0.15) is 28.8 Å². The molecule has 2 rings (SSSR count). The van der Waals surface area contributed by atoms with Gasteiger partial charge in [0, 0.05) is 26.2 Å². The molecule has 1 aromatic carbocycles. The molecule has 0 spiro atoms. The first-order valence-electron chi connectivity index (χ1n) is 7.19. The summed E-state index contributed by atoms with van der Waals surface area (Å²) in [5.41, 5.74) is 3.61. The number of hydrogen-bond donors (Lipinski definition) is 1.